The smallest absolute Gasteiger partial charge is 0.222 e. The van der Waals surface area contributed by atoms with Gasteiger partial charge in [0.15, 0.2) is 5.96 Å². The summed E-state index contributed by atoms with van der Waals surface area (Å²) in [5.41, 5.74) is 0. The molecule has 2 heterocycles. The molecule has 26 heavy (non-hydrogen) atoms. The van der Waals surface area contributed by atoms with Crippen LogP contribution in [-0.2, 0) is 9.53 Å². The lowest BCUT2D eigenvalue weighted by Crippen LogP contribution is -2.46. The van der Waals surface area contributed by atoms with Crippen LogP contribution in [0.15, 0.2) is 4.99 Å². The number of ether oxygens (including phenoxy) is 1. The van der Waals surface area contributed by atoms with Gasteiger partial charge in [0, 0.05) is 50.1 Å². The van der Waals surface area contributed by atoms with Gasteiger partial charge in [-0.3, -0.25) is 9.79 Å². The van der Waals surface area contributed by atoms with E-state index in [2.05, 4.69) is 24.5 Å². The van der Waals surface area contributed by atoms with Crippen LogP contribution in [0.25, 0.3) is 0 Å². The Morgan fingerprint density at radius 3 is 2.65 bits per heavy atom. The van der Waals surface area contributed by atoms with Gasteiger partial charge in [-0.1, -0.05) is 13.8 Å². The van der Waals surface area contributed by atoms with E-state index in [9.17, 15) is 4.79 Å². The van der Waals surface area contributed by atoms with Crippen molar-refractivity contribution in [3.05, 3.63) is 0 Å². The summed E-state index contributed by atoms with van der Waals surface area (Å²) < 4.78 is 5.75. The lowest BCUT2D eigenvalue weighted by molar-refractivity contribution is -0.129. The Hall–Kier alpha value is -0.220. The molecule has 2 N–H and O–H groups in total. The van der Waals surface area contributed by atoms with E-state index in [1.54, 1.807) is 0 Å². The van der Waals surface area contributed by atoms with Crippen molar-refractivity contribution in [3.8, 4) is 0 Å². The standard InChI is InChI=1S/C18H34N4O2S.HI/c1-4-16(23)22-10-7-15(13-22)21-17(19-5-2)20-14-18(25-6-3)8-11-24-12-9-18;/h15H,4-14H2,1-3H3,(H2,19,20,21);1H. The van der Waals surface area contributed by atoms with Gasteiger partial charge in [0.2, 0.25) is 5.91 Å². The van der Waals surface area contributed by atoms with Crippen LogP contribution in [0.1, 0.15) is 46.5 Å². The van der Waals surface area contributed by atoms with Crippen LogP contribution in [0, 0.1) is 0 Å². The van der Waals surface area contributed by atoms with Crippen molar-refractivity contribution in [1.82, 2.24) is 15.5 Å². The maximum atomic E-state index is 11.9. The number of nitrogens with one attached hydrogen (secondary N) is 2. The highest BCUT2D eigenvalue weighted by molar-refractivity contribution is 14.0. The molecule has 0 aromatic heterocycles. The zero-order valence-corrected chi connectivity index (χ0v) is 19.5. The molecule has 1 atom stereocenters. The minimum Gasteiger partial charge on any atom is -0.381 e. The molecule has 0 bridgehead atoms. The van der Waals surface area contributed by atoms with Crippen molar-refractivity contribution in [2.24, 2.45) is 4.99 Å². The van der Waals surface area contributed by atoms with Crippen LogP contribution in [0.2, 0.25) is 0 Å². The predicted octanol–water partition coefficient (Wildman–Crippen LogP) is 2.47. The van der Waals surface area contributed by atoms with Crippen molar-refractivity contribution >= 4 is 47.6 Å². The van der Waals surface area contributed by atoms with Gasteiger partial charge < -0.3 is 20.3 Å². The van der Waals surface area contributed by atoms with E-state index in [0.29, 0.717) is 6.42 Å². The van der Waals surface area contributed by atoms with Gasteiger partial charge in [0.25, 0.3) is 0 Å². The van der Waals surface area contributed by atoms with Gasteiger partial charge in [-0.15, -0.1) is 24.0 Å². The van der Waals surface area contributed by atoms with Gasteiger partial charge in [0.05, 0.1) is 6.54 Å². The summed E-state index contributed by atoms with van der Waals surface area (Å²) in [6.45, 7) is 11.2. The van der Waals surface area contributed by atoms with Crippen LogP contribution in [0.5, 0.6) is 0 Å². The van der Waals surface area contributed by atoms with Crippen molar-refractivity contribution in [2.75, 3.05) is 45.1 Å². The van der Waals surface area contributed by atoms with Crippen LogP contribution in [-0.4, -0.2) is 72.7 Å². The molecule has 152 valence electrons. The number of halogens is 1. The minimum absolute atomic E-state index is 0. The molecule has 2 aliphatic rings. The highest BCUT2D eigenvalue weighted by Crippen LogP contribution is 2.35. The normalized spacial score (nSPS) is 22.7. The summed E-state index contributed by atoms with van der Waals surface area (Å²) in [7, 11) is 0. The zero-order chi connectivity index (χ0) is 18.1. The second-order valence-corrected chi connectivity index (χ2v) is 8.48. The lowest BCUT2D eigenvalue weighted by Gasteiger charge is -2.35. The quantitative estimate of drug-likeness (QED) is 0.321. The number of hydrogen-bond acceptors (Lipinski definition) is 4. The van der Waals surface area contributed by atoms with Gasteiger partial charge >= 0.3 is 0 Å². The number of likely N-dealkylation sites (tertiary alicyclic amines) is 1. The Labute approximate surface area is 179 Å². The van der Waals surface area contributed by atoms with E-state index in [4.69, 9.17) is 9.73 Å². The second-order valence-electron chi connectivity index (χ2n) is 6.75. The topological polar surface area (TPSA) is 66.0 Å². The largest absolute Gasteiger partial charge is 0.381 e. The van der Waals surface area contributed by atoms with Crippen LogP contribution in [0.3, 0.4) is 0 Å². The summed E-state index contributed by atoms with van der Waals surface area (Å²) in [5, 5.41) is 6.89. The number of aliphatic imine (C=N–C) groups is 1. The van der Waals surface area contributed by atoms with Crippen LogP contribution >= 0.6 is 35.7 Å². The number of thioether (sulfide) groups is 1. The number of guanidine groups is 1. The first-order valence-electron chi connectivity index (χ1n) is 9.66. The molecule has 0 aromatic carbocycles. The SMILES string of the molecule is CCNC(=NCC1(SCC)CCOCC1)NC1CCN(C(=O)CC)C1.I. The summed E-state index contributed by atoms with van der Waals surface area (Å²) in [4.78, 5) is 18.7. The first-order chi connectivity index (χ1) is 12.1. The third-order valence-corrected chi connectivity index (χ3v) is 6.35. The third kappa shape index (κ3) is 7.07. The fourth-order valence-corrected chi connectivity index (χ4v) is 4.69. The minimum atomic E-state index is 0. The van der Waals surface area contributed by atoms with E-state index < -0.39 is 0 Å². The maximum absolute atomic E-state index is 11.9. The molecule has 0 aromatic rings. The maximum Gasteiger partial charge on any atom is 0.222 e. The molecule has 1 unspecified atom stereocenters. The molecular formula is C18H35IN4O2S. The lowest BCUT2D eigenvalue weighted by atomic mass is 9.99. The van der Waals surface area contributed by atoms with Crippen molar-refractivity contribution < 1.29 is 9.53 Å². The molecule has 2 rings (SSSR count). The summed E-state index contributed by atoms with van der Waals surface area (Å²) in [6, 6.07) is 0.290. The predicted molar refractivity (Wildman–Crippen MR) is 121 cm³/mol. The van der Waals surface area contributed by atoms with Gasteiger partial charge in [-0.25, -0.2) is 0 Å². The number of nitrogens with zero attached hydrogens (tertiary/aromatic N) is 2. The molecule has 2 aliphatic heterocycles. The average molecular weight is 498 g/mol. The van der Waals surface area contributed by atoms with Gasteiger partial charge in [0.1, 0.15) is 0 Å². The Balaban J connectivity index is 0.00000338. The van der Waals surface area contributed by atoms with Gasteiger partial charge in [-0.2, -0.15) is 11.8 Å². The van der Waals surface area contributed by atoms with E-state index in [1.807, 2.05) is 23.6 Å². The van der Waals surface area contributed by atoms with E-state index >= 15 is 0 Å². The molecule has 8 heteroatoms. The molecular weight excluding hydrogens is 463 g/mol. The Kier molecular flexibility index (Phi) is 11.2. The second kappa shape index (κ2) is 12.3. The fourth-order valence-electron chi connectivity index (χ4n) is 3.46. The molecule has 0 radical (unpaired) electrons. The average Bonchev–Trinajstić information content (AvgIpc) is 3.09. The molecule has 0 spiro atoms. The van der Waals surface area contributed by atoms with Gasteiger partial charge in [-0.05, 0) is 31.9 Å². The van der Waals surface area contributed by atoms with Crippen molar-refractivity contribution in [2.45, 2.75) is 57.2 Å². The number of carbonyl (C=O) groups is 1. The zero-order valence-electron chi connectivity index (χ0n) is 16.4. The number of carbonyl (C=O) groups excluding carboxylic acids is 1. The summed E-state index contributed by atoms with van der Waals surface area (Å²) >= 11 is 2.01. The number of amides is 1. The number of hydrogen-bond donors (Lipinski definition) is 2. The Morgan fingerprint density at radius 2 is 2.04 bits per heavy atom. The Bertz CT molecular complexity index is 453. The monoisotopic (exact) mass is 498 g/mol. The first-order valence-corrected chi connectivity index (χ1v) is 10.7. The Morgan fingerprint density at radius 1 is 1.31 bits per heavy atom. The third-order valence-electron chi connectivity index (χ3n) is 4.91. The molecule has 2 saturated heterocycles. The van der Waals surface area contributed by atoms with E-state index in [1.165, 1.54) is 0 Å². The van der Waals surface area contributed by atoms with E-state index in [0.717, 1.165) is 70.4 Å². The molecule has 0 aliphatic carbocycles. The van der Waals surface area contributed by atoms with Crippen molar-refractivity contribution in [1.29, 1.82) is 0 Å². The molecule has 2 fully saturated rings. The molecule has 0 saturated carbocycles. The number of rotatable bonds is 7. The van der Waals surface area contributed by atoms with Crippen LogP contribution in [0.4, 0.5) is 0 Å². The van der Waals surface area contributed by atoms with E-state index in [-0.39, 0.29) is 40.7 Å². The first kappa shape index (κ1) is 23.8. The molecule has 6 nitrogen and oxygen atoms in total. The highest BCUT2D eigenvalue weighted by atomic mass is 127. The highest BCUT2D eigenvalue weighted by Gasteiger charge is 2.33. The fraction of sp³-hybridized carbons (Fsp3) is 0.889. The summed E-state index contributed by atoms with van der Waals surface area (Å²) in [5.74, 6) is 2.23. The molecule has 1 amide bonds. The van der Waals surface area contributed by atoms with Crippen molar-refractivity contribution in [3.63, 3.8) is 0 Å². The summed E-state index contributed by atoms with van der Waals surface area (Å²) in [6.07, 6.45) is 3.70. The van der Waals surface area contributed by atoms with Crippen LogP contribution < -0.4 is 10.6 Å².